The first-order chi connectivity index (χ1) is 8.58. The van der Waals surface area contributed by atoms with E-state index in [2.05, 4.69) is 9.47 Å². The van der Waals surface area contributed by atoms with Crippen LogP contribution in [0.15, 0.2) is 12.1 Å². The number of aromatic nitrogens is 1. The molecule has 0 spiro atoms. The molecule has 0 saturated heterocycles. The summed E-state index contributed by atoms with van der Waals surface area (Å²) in [5.74, 6) is -0.431. The number of hydrogen-bond acceptors (Lipinski definition) is 4. The van der Waals surface area contributed by atoms with E-state index in [0.29, 0.717) is 25.7 Å². The summed E-state index contributed by atoms with van der Waals surface area (Å²) in [5.41, 5.74) is 2.11. The molecule has 0 aliphatic carbocycles. The fraction of sp³-hybridized carbons (Fsp3) is 0.538. The van der Waals surface area contributed by atoms with E-state index < -0.39 is 0 Å². The number of methoxy groups -OCH3 is 2. The standard InChI is InChI=1S/C13H19NO4/c1-14-10(6-8-12(15)17-2)4-5-11(14)7-9-13(16)18-3/h4-5H,6-9H2,1-3H3. The van der Waals surface area contributed by atoms with E-state index in [9.17, 15) is 9.59 Å². The zero-order valence-corrected chi connectivity index (χ0v) is 11.1. The highest BCUT2D eigenvalue weighted by Gasteiger charge is 2.09. The number of aryl methyl sites for hydroxylation is 2. The van der Waals surface area contributed by atoms with E-state index in [0.717, 1.165) is 11.4 Å². The van der Waals surface area contributed by atoms with Crippen LogP contribution < -0.4 is 0 Å². The minimum absolute atomic E-state index is 0.215. The molecule has 1 aromatic rings. The van der Waals surface area contributed by atoms with Crippen molar-refractivity contribution < 1.29 is 19.1 Å². The number of rotatable bonds is 6. The summed E-state index contributed by atoms with van der Waals surface area (Å²) in [5, 5.41) is 0. The highest BCUT2D eigenvalue weighted by molar-refractivity contribution is 5.69. The minimum atomic E-state index is -0.215. The van der Waals surface area contributed by atoms with Crippen molar-refractivity contribution in [3.05, 3.63) is 23.5 Å². The molecule has 1 aromatic heterocycles. The molecule has 0 aliphatic rings. The zero-order valence-electron chi connectivity index (χ0n) is 11.1. The number of carbonyl (C=O) groups excluding carboxylic acids is 2. The summed E-state index contributed by atoms with van der Waals surface area (Å²) >= 11 is 0. The monoisotopic (exact) mass is 253 g/mol. The van der Waals surface area contributed by atoms with E-state index in [4.69, 9.17) is 0 Å². The van der Waals surface area contributed by atoms with Gasteiger partial charge in [0.05, 0.1) is 27.1 Å². The fourth-order valence-electron chi connectivity index (χ4n) is 1.77. The van der Waals surface area contributed by atoms with Gasteiger partial charge in [-0.05, 0) is 25.0 Å². The molecule has 0 unspecified atom stereocenters. The summed E-state index contributed by atoms with van der Waals surface area (Å²) in [6.45, 7) is 0. The van der Waals surface area contributed by atoms with Crippen LogP contribution in [0.1, 0.15) is 24.2 Å². The van der Waals surface area contributed by atoms with Gasteiger partial charge in [-0.25, -0.2) is 0 Å². The van der Waals surface area contributed by atoms with Gasteiger partial charge in [-0.2, -0.15) is 0 Å². The maximum Gasteiger partial charge on any atom is 0.305 e. The molecule has 1 heterocycles. The largest absolute Gasteiger partial charge is 0.469 e. The second kappa shape index (κ2) is 6.83. The van der Waals surface area contributed by atoms with Gasteiger partial charge in [0.1, 0.15) is 0 Å². The molecule has 0 bridgehead atoms. The Bertz CT molecular complexity index is 385. The summed E-state index contributed by atoms with van der Waals surface area (Å²) in [6.07, 6.45) is 2.01. The van der Waals surface area contributed by atoms with Gasteiger partial charge in [0, 0.05) is 18.4 Å². The molecule has 5 heteroatoms. The second-order valence-corrected chi connectivity index (χ2v) is 4.03. The lowest BCUT2D eigenvalue weighted by molar-refractivity contribution is -0.141. The number of esters is 2. The Balaban J connectivity index is 2.55. The first kappa shape index (κ1) is 14.3. The summed E-state index contributed by atoms with van der Waals surface area (Å²) < 4.78 is 11.2. The Kier molecular flexibility index (Phi) is 5.42. The molecule has 0 radical (unpaired) electrons. The van der Waals surface area contributed by atoms with Crippen LogP contribution in [0, 0.1) is 0 Å². The van der Waals surface area contributed by atoms with Gasteiger partial charge in [-0.3, -0.25) is 9.59 Å². The Morgan fingerprint density at radius 3 is 1.72 bits per heavy atom. The van der Waals surface area contributed by atoms with Crippen molar-refractivity contribution in [2.75, 3.05) is 14.2 Å². The van der Waals surface area contributed by atoms with Gasteiger partial charge in [-0.15, -0.1) is 0 Å². The average molecular weight is 253 g/mol. The molecule has 0 fully saturated rings. The summed E-state index contributed by atoms with van der Waals surface area (Å²) in [4.78, 5) is 22.1. The van der Waals surface area contributed by atoms with Crippen molar-refractivity contribution in [1.29, 1.82) is 0 Å². The molecule has 100 valence electrons. The van der Waals surface area contributed by atoms with Crippen molar-refractivity contribution >= 4 is 11.9 Å². The topological polar surface area (TPSA) is 57.5 Å². The molecular formula is C13H19NO4. The number of hydrogen-bond donors (Lipinski definition) is 0. The van der Waals surface area contributed by atoms with Gasteiger partial charge in [0.15, 0.2) is 0 Å². The van der Waals surface area contributed by atoms with Crippen LogP contribution >= 0.6 is 0 Å². The molecule has 1 rings (SSSR count). The lowest BCUT2D eigenvalue weighted by Gasteiger charge is -2.07. The minimum Gasteiger partial charge on any atom is -0.469 e. The first-order valence-corrected chi connectivity index (χ1v) is 5.85. The Labute approximate surface area is 107 Å². The first-order valence-electron chi connectivity index (χ1n) is 5.85. The highest BCUT2D eigenvalue weighted by atomic mass is 16.5. The maximum absolute atomic E-state index is 11.1. The van der Waals surface area contributed by atoms with Crippen molar-refractivity contribution in [2.45, 2.75) is 25.7 Å². The second-order valence-electron chi connectivity index (χ2n) is 4.03. The average Bonchev–Trinajstić information content (AvgIpc) is 2.74. The van der Waals surface area contributed by atoms with Crippen molar-refractivity contribution in [3.63, 3.8) is 0 Å². The highest BCUT2D eigenvalue weighted by Crippen LogP contribution is 2.12. The quantitative estimate of drug-likeness (QED) is 0.716. The SMILES string of the molecule is COC(=O)CCc1ccc(CCC(=O)OC)n1C. The van der Waals surface area contributed by atoms with E-state index >= 15 is 0 Å². The molecule has 5 nitrogen and oxygen atoms in total. The van der Waals surface area contributed by atoms with Gasteiger partial charge in [-0.1, -0.05) is 0 Å². The predicted molar refractivity (Wildman–Crippen MR) is 66.1 cm³/mol. The third-order valence-electron chi connectivity index (χ3n) is 2.96. The molecule has 0 N–H and O–H groups in total. The number of ether oxygens (including phenoxy) is 2. The lowest BCUT2D eigenvalue weighted by Crippen LogP contribution is -2.08. The van der Waals surface area contributed by atoms with Gasteiger partial charge >= 0.3 is 11.9 Å². The zero-order chi connectivity index (χ0) is 13.5. The van der Waals surface area contributed by atoms with Crippen molar-refractivity contribution in [1.82, 2.24) is 4.57 Å². The molecule has 0 aliphatic heterocycles. The number of carbonyl (C=O) groups is 2. The van der Waals surface area contributed by atoms with Gasteiger partial charge in [0.25, 0.3) is 0 Å². The Hall–Kier alpha value is -1.78. The molecule has 0 aromatic carbocycles. The third kappa shape index (κ3) is 3.91. The lowest BCUT2D eigenvalue weighted by atomic mass is 10.2. The van der Waals surface area contributed by atoms with Crippen LogP contribution in [-0.2, 0) is 39.0 Å². The maximum atomic E-state index is 11.1. The van der Waals surface area contributed by atoms with E-state index in [-0.39, 0.29) is 11.9 Å². The Morgan fingerprint density at radius 2 is 1.39 bits per heavy atom. The normalized spacial score (nSPS) is 10.2. The van der Waals surface area contributed by atoms with Crippen LogP contribution in [0.4, 0.5) is 0 Å². The van der Waals surface area contributed by atoms with Crippen LogP contribution in [0.3, 0.4) is 0 Å². The van der Waals surface area contributed by atoms with E-state index in [1.54, 1.807) is 0 Å². The van der Waals surface area contributed by atoms with Gasteiger partial charge < -0.3 is 14.0 Å². The van der Waals surface area contributed by atoms with Crippen molar-refractivity contribution in [3.8, 4) is 0 Å². The van der Waals surface area contributed by atoms with Crippen LogP contribution in [-0.4, -0.2) is 30.7 Å². The number of nitrogens with zero attached hydrogens (tertiary/aromatic N) is 1. The molecule has 18 heavy (non-hydrogen) atoms. The molecule has 0 amide bonds. The van der Waals surface area contributed by atoms with Crippen molar-refractivity contribution in [2.24, 2.45) is 7.05 Å². The smallest absolute Gasteiger partial charge is 0.305 e. The summed E-state index contributed by atoms with van der Waals surface area (Å²) in [7, 11) is 4.70. The fourth-order valence-corrected chi connectivity index (χ4v) is 1.77. The predicted octanol–water partition coefficient (Wildman–Crippen LogP) is 1.24. The summed E-state index contributed by atoms with van der Waals surface area (Å²) in [6, 6.07) is 3.94. The van der Waals surface area contributed by atoms with E-state index in [1.807, 2.05) is 23.7 Å². The van der Waals surface area contributed by atoms with E-state index in [1.165, 1.54) is 14.2 Å². The van der Waals surface area contributed by atoms with Gasteiger partial charge in [0.2, 0.25) is 0 Å². The molecular weight excluding hydrogens is 234 g/mol. The molecule has 0 atom stereocenters. The Morgan fingerprint density at radius 1 is 1.00 bits per heavy atom. The van der Waals surface area contributed by atoms with Crippen LogP contribution in [0.2, 0.25) is 0 Å². The third-order valence-corrected chi connectivity index (χ3v) is 2.96. The molecule has 0 saturated carbocycles. The van der Waals surface area contributed by atoms with Crippen LogP contribution in [0.5, 0.6) is 0 Å². The van der Waals surface area contributed by atoms with Crippen LogP contribution in [0.25, 0.3) is 0 Å².